The molecule has 1 saturated heterocycles. The maximum absolute atomic E-state index is 13.3. The Labute approximate surface area is 198 Å². The molecule has 10 nitrogen and oxygen atoms in total. The topological polar surface area (TPSA) is 119 Å². The molecule has 1 fully saturated rings. The molecule has 34 heavy (non-hydrogen) atoms. The van der Waals surface area contributed by atoms with Crippen molar-refractivity contribution in [1.29, 1.82) is 0 Å². The molecule has 5 rings (SSSR count). The maximum Gasteiger partial charge on any atom is 0.269 e. The van der Waals surface area contributed by atoms with Crippen LogP contribution >= 0.6 is 0 Å². The lowest BCUT2D eigenvalue weighted by atomic mass is 9.98. The Morgan fingerprint density at radius 3 is 2.41 bits per heavy atom. The summed E-state index contributed by atoms with van der Waals surface area (Å²) >= 11 is 0. The summed E-state index contributed by atoms with van der Waals surface area (Å²) in [4.78, 5) is 9.10. The fourth-order valence-corrected chi connectivity index (χ4v) is 6.23. The smallest absolute Gasteiger partial charge is 0.269 e. The Bertz CT molecular complexity index is 1560. The van der Waals surface area contributed by atoms with Gasteiger partial charge in [0.1, 0.15) is 17.4 Å². The molecule has 0 aliphatic carbocycles. The SMILES string of the molecule is Cc1ccc(S(=O)(=O)n2ccc3c4c(cnc32)ncn4N2CCC(CNS(C)(=O)=O)CC2)cc1. The second kappa shape index (κ2) is 8.36. The van der Waals surface area contributed by atoms with Crippen LogP contribution in [0.4, 0.5) is 0 Å². The number of rotatable bonds is 6. The molecule has 0 saturated carbocycles. The third-order valence-electron chi connectivity index (χ3n) is 6.28. The summed E-state index contributed by atoms with van der Waals surface area (Å²) in [5.74, 6) is 0.267. The van der Waals surface area contributed by atoms with Crippen molar-refractivity contribution in [1.82, 2.24) is 23.3 Å². The molecular formula is C22H26N6O4S2. The van der Waals surface area contributed by atoms with Gasteiger partial charge in [-0.3, -0.25) is 0 Å². The molecule has 12 heteroatoms. The van der Waals surface area contributed by atoms with Crippen LogP contribution in [0.2, 0.25) is 0 Å². The standard InChI is InChI=1S/C22H26N6O4S2/c1-16-3-5-18(6-4-16)34(31,32)28-12-9-19-21-20(14-23-22(19)28)24-15-27(21)26-10-7-17(8-11-26)13-25-33(2,29)30/h3-6,9,12,14-15,17,25H,7-8,10-11,13H2,1-2H3. The number of nitrogens with zero attached hydrogens (tertiary/aromatic N) is 5. The monoisotopic (exact) mass is 502 g/mol. The quantitative estimate of drug-likeness (QED) is 0.427. The highest BCUT2D eigenvalue weighted by Crippen LogP contribution is 2.28. The number of hydrogen-bond donors (Lipinski definition) is 1. The number of aromatic nitrogens is 4. The summed E-state index contributed by atoms with van der Waals surface area (Å²) in [5.41, 5.74) is 2.81. The third kappa shape index (κ3) is 4.17. The number of benzene rings is 1. The average molecular weight is 503 g/mol. The van der Waals surface area contributed by atoms with Gasteiger partial charge in [0.15, 0.2) is 5.65 Å². The Hall–Kier alpha value is -2.96. The van der Waals surface area contributed by atoms with E-state index >= 15 is 0 Å². The van der Waals surface area contributed by atoms with Gasteiger partial charge in [0, 0.05) is 31.2 Å². The van der Waals surface area contributed by atoms with Crippen LogP contribution in [0.1, 0.15) is 18.4 Å². The largest absolute Gasteiger partial charge is 0.311 e. The van der Waals surface area contributed by atoms with Gasteiger partial charge < -0.3 is 5.01 Å². The Morgan fingerprint density at radius 1 is 1.03 bits per heavy atom. The van der Waals surface area contributed by atoms with Gasteiger partial charge in [-0.1, -0.05) is 17.7 Å². The van der Waals surface area contributed by atoms with Crippen molar-refractivity contribution in [2.45, 2.75) is 24.7 Å². The number of imidazole rings is 1. The molecule has 0 amide bonds. The summed E-state index contributed by atoms with van der Waals surface area (Å²) < 4.78 is 55.1. The first-order valence-electron chi connectivity index (χ1n) is 11.0. The number of fused-ring (bicyclic) bond motifs is 3. The van der Waals surface area contributed by atoms with Crippen molar-refractivity contribution in [3.05, 3.63) is 54.6 Å². The summed E-state index contributed by atoms with van der Waals surface area (Å²) in [7, 11) is -7.00. The second-order valence-electron chi connectivity index (χ2n) is 8.77. The maximum atomic E-state index is 13.3. The highest BCUT2D eigenvalue weighted by atomic mass is 32.2. The van der Waals surface area contributed by atoms with Gasteiger partial charge in [0.05, 0.1) is 17.3 Å². The number of pyridine rings is 1. The van der Waals surface area contributed by atoms with Crippen molar-refractivity contribution in [2.24, 2.45) is 5.92 Å². The molecule has 180 valence electrons. The first kappa shape index (κ1) is 22.8. The minimum Gasteiger partial charge on any atom is -0.311 e. The molecule has 3 aromatic heterocycles. The summed E-state index contributed by atoms with van der Waals surface area (Å²) in [6.07, 6.45) is 7.69. The van der Waals surface area contributed by atoms with Crippen LogP contribution < -0.4 is 9.73 Å². The van der Waals surface area contributed by atoms with Crippen LogP contribution in [0.3, 0.4) is 0 Å². The lowest BCUT2D eigenvalue weighted by Crippen LogP contribution is -2.43. The van der Waals surface area contributed by atoms with E-state index in [1.165, 1.54) is 16.4 Å². The lowest BCUT2D eigenvalue weighted by molar-refractivity contribution is 0.365. The fourth-order valence-electron chi connectivity index (χ4n) is 4.39. The molecule has 1 aromatic carbocycles. The molecule has 0 atom stereocenters. The zero-order valence-electron chi connectivity index (χ0n) is 18.9. The summed E-state index contributed by atoms with van der Waals surface area (Å²) in [6.45, 7) is 3.80. The van der Waals surface area contributed by atoms with E-state index in [2.05, 4.69) is 19.7 Å². The lowest BCUT2D eigenvalue weighted by Gasteiger charge is -2.34. The molecule has 0 radical (unpaired) electrons. The van der Waals surface area contributed by atoms with E-state index in [0.29, 0.717) is 23.1 Å². The van der Waals surface area contributed by atoms with Crippen LogP contribution in [0.5, 0.6) is 0 Å². The molecule has 4 heterocycles. The van der Waals surface area contributed by atoms with Crippen LogP contribution in [-0.2, 0) is 20.0 Å². The zero-order chi connectivity index (χ0) is 24.1. The van der Waals surface area contributed by atoms with E-state index in [4.69, 9.17) is 0 Å². The van der Waals surface area contributed by atoms with Gasteiger partial charge in [-0.2, -0.15) is 0 Å². The minimum absolute atomic E-state index is 0.204. The van der Waals surface area contributed by atoms with Crippen LogP contribution in [0.15, 0.2) is 53.9 Å². The van der Waals surface area contributed by atoms with Gasteiger partial charge in [0.25, 0.3) is 10.0 Å². The van der Waals surface area contributed by atoms with Gasteiger partial charge in [-0.15, -0.1) is 0 Å². The number of nitrogens with one attached hydrogen (secondary N) is 1. The average Bonchev–Trinajstić information content (AvgIpc) is 3.42. The van der Waals surface area contributed by atoms with Gasteiger partial charge in [-0.05, 0) is 43.9 Å². The molecule has 0 spiro atoms. The Kier molecular flexibility index (Phi) is 5.61. The van der Waals surface area contributed by atoms with E-state index in [1.807, 2.05) is 11.6 Å². The van der Waals surface area contributed by atoms with E-state index in [1.54, 1.807) is 42.9 Å². The zero-order valence-corrected chi connectivity index (χ0v) is 20.6. The minimum atomic E-state index is -3.80. The second-order valence-corrected chi connectivity index (χ2v) is 12.4. The van der Waals surface area contributed by atoms with Crippen molar-refractivity contribution < 1.29 is 16.8 Å². The Morgan fingerprint density at radius 2 is 1.74 bits per heavy atom. The van der Waals surface area contributed by atoms with E-state index < -0.39 is 20.0 Å². The van der Waals surface area contributed by atoms with Gasteiger partial charge in [-0.25, -0.2) is 40.2 Å². The molecule has 1 N–H and O–H groups in total. The van der Waals surface area contributed by atoms with Crippen molar-refractivity contribution in [3.63, 3.8) is 0 Å². The van der Waals surface area contributed by atoms with Gasteiger partial charge in [0.2, 0.25) is 10.0 Å². The predicted molar refractivity (Wildman–Crippen MR) is 130 cm³/mol. The van der Waals surface area contributed by atoms with Crippen molar-refractivity contribution in [3.8, 4) is 0 Å². The van der Waals surface area contributed by atoms with Crippen LogP contribution in [0, 0.1) is 12.8 Å². The predicted octanol–water partition coefficient (Wildman–Crippen LogP) is 1.83. The van der Waals surface area contributed by atoms with E-state index in [0.717, 1.165) is 37.0 Å². The molecule has 0 unspecified atom stereocenters. The number of hydrogen-bond acceptors (Lipinski definition) is 7. The molecular weight excluding hydrogens is 476 g/mol. The van der Waals surface area contributed by atoms with Crippen LogP contribution in [0.25, 0.3) is 22.1 Å². The van der Waals surface area contributed by atoms with E-state index in [-0.39, 0.29) is 10.8 Å². The molecule has 1 aliphatic heterocycles. The highest BCUT2D eigenvalue weighted by molar-refractivity contribution is 7.90. The fraction of sp³-hybridized carbons (Fsp3) is 0.364. The summed E-state index contributed by atoms with van der Waals surface area (Å²) in [5, 5.41) is 2.85. The van der Waals surface area contributed by atoms with Gasteiger partial charge >= 0.3 is 0 Å². The summed E-state index contributed by atoms with van der Waals surface area (Å²) in [6, 6.07) is 8.50. The van der Waals surface area contributed by atoms with E-state index in [9.17, 15) is 16.8 Å². The number of aryl methyl sites for hydroxylation is 1. The number of sulfonamides is 1. The highest BCUT2D eigenvalue weighted by Gasteiger charge is 2.25. The normalized spacial score (nSPS) is 16.0. The molecule has 1 aliphatic rings. The first-order valence-corrected chi connectivity index (χ1v) is 14.3. The Balaban J connectivity index is 1.47. The third-order valence-corrected chi connectivity index (χ3v) is 8.65. The van der Waals surface area contributed by atoms with Crippen LogP contribution in [-0.4, -0.2) is 61.3 Å². The van der Waals surface area contributed by atoms with Crippen molar-refractivity contribution in [2.75, 3.05) is 30.9 Å². The first-order chi connectivity index (χ1) is 16.1. The number of piperidine rings is 1. The molecule has 4 aromatic rings. The van der Waals surface area contributed by atoms with Crippen molar-refractivity contribution >= 4 is 42.1 Å². The molecule has 0 bridgehead atoms.